The Kier molecular flexibility index (Phi) is 2.54. The molecule has 1 aliphatic rings. The number of nitrogens with zero attached hydrogens (tertiary/aromatic N) is 1. The molecule has 1 rings (SSSR count). The fourth-order valence-corrected chi connectivity index (χ4v) is 1.57. The molecule has 0 radical (unpaired) electrons. The Morgan fingerprint density at radius 1 is 1.50 bits per heavy atom. The number of rotatable bonds is 1. The van der Waals surface area contributed by atoms with Crippen LogP contribution in [0.1, 0.15) is 27.2 Å². The predicted molar refractivity (Wildman–Crippen MR) is 45.9 cm³/mol. The van der Waals surface area contributed by atoms with Gasteiger partial charge in [0.15, 0.2) is 0 Å². The second kappa shape index (κ2) is 3.15. The molecule has 0 bridgehead atoms. The summed E-state index contributed by atoms with van der Waals surface area (Å²) in [6.45, 7) is 6.92. The van der Waals surface area contributed by atoms with E-state index < -0.39 is 0 Å². The first-order valence-corrected chi connectivity index (χ1v) is 4.39. The second-order valence-electron chi connectivity index (χ2n) is 4.51. The topological polar surface area (TPSA) is 40.5 Å². The van der Waals surface area contributed by atoms with Gasteiger partial charge in [0.05, 0.1) is 0 Å². The Hall–Kier alpha value is -0.410. The molecular formula is C9H17NO2. The van der Waals surface area contributed by atoms with Crippen LogP contribution in [0, 0.1) is 11.3 Å². The van der Waals surface area contributed by atoms with Crippen LogP contribution in [0.3, 0.4) is 0 Å². The van der Waals surface area contributed by atoms with Crippen LogP contribution in [0.5, 0.6) is 0 Å². The smallest absolute Gasteiger partial charge is 0.142 e. The van der Waals surface area contributed by atoms with E-state index in [1.165, 1.54) is 5.06 Å². The quantitative estimate of drug-likeness (QED) is 0.646. The van der Waals surface area contributed by atoms with Gasteiger partial charge in [0, 0.05) is 24.4 Å². The normalized spacial score (nSPS) is 26.2. The summed E-state index contributed by atoms with van der Waals surface area (Å²) >= 11 is 0. The summed E-state index contributed by atoms with van der Waals surface area (Å²) in [5.74, 6) is 0.300. The van der Waals surface area contributed by atoms with Crippen molar-refractivity contribution in [3.05, 3.63) is 0 Å². The number of hydrogen-bond donors (Lipinski definition) is 1. The molecule has 1 aliphatic heterocycles. The number of hydrogen-bond acceptors (Lipinski definition) is 3. The van der Waals surface area contributed by atoms with Gasteiger partial charge in [-0.3, -0.25) is 4.79 Å². The van der Waals surface area contributed by atoms with Crippen molar-refractivity contribution in [1.82, 2.24) is 5.06 Å². The number of carbonyl (C=O) groups is 1. The second-order valence-corrected chi connectivity index (χ2v) is 4.51. The lowest BCUT2D eigenvalue weighted by Gasteiger charge is -2.20. The van der Waals surface area contributed by atoms with Crippen molar-refractivity contribution in [3.63, 3.8) is 0 Å². The van der Waals surface area contributed by atoms with Gasteiger partial charge >= 0.3 is 0 Å². The summed E-state index contributed by atoms with van der Waals surface area (Å²) < 4.78 is 0. The summed E-state index contributed by atoms with van der Waals surface area (Å²) in [4.78, 5) is 11.7. The highest BCUT2D eigenvalue weighted by atomic mass is 16.5. The summed E-state index contributed by atoms with van der Waals surface area (Å²) in [7, 11) is 0. The van der Waals surface area contributed by atoms with Crippen molar-refractivity contribution in [1.29, 1.82) is 0 Å². The van der Waals surface area contributed by atoms with E-state index in [0.29, 0.717) is 13.1 Å². The van der Waals surface area contributed by atoms with Gasteiger partial charge in [-0.15, -0.1) is 0 Å². The zero-order chi connectivity index (χ0) is 9.35. The molecule has 0 aromatic rings. The molecule has 12 heavy (non-hydrogen) atoms. The minimum atomic E-state index is -0.268. The molecule has 0 saturated carbocycles. The van der Waals surface area contributed by atoms with Crippen molar-refractivity contribution in [3.8, 4) is 0 Å². The highest BCUT2D eigenvalue weighted by molar-refractivity contribution is 5.86. The van der Waals surface area contributed by atoms with Crippen LogP contribution in [0.15, 0.2) is 0 Å². The van der Waals surface area contributed by atoms with Gasteiger partial charge in [-0.25, -0.2) is 0 Å². The molecule has 0 amide bonds. The molecule has 0 aromatic heterocycles. The van der Waals surface area contributed by atoms with E-state index in [-0.39, 0.29) is 17.1 Å². The lowest BCUT2D eigenvalue weighted by molar-refractivity contribution is -0.132. The molecule has 1 unspecified atom stereocenters. The van der Waals surface area contributed by atoms with Crippen molar-refractivity contribution in [2.45, 2.75) is 27.2 Å². The van der Waals surface area contributed by atoms with Crippen LogP contribution >= 0.6 is 0 Å². The molecule has 1 fully saturated rings. The van der Waals surface area contributed by atoms with Gasteiger partial charge < -0.3 is 5.21 Å². The summed E-state index contributed by atoms with van der Waals surface area (Å²) in [6, 6.07) is 0. The molecule has 0 spiro atoms. The van der Waals surface area contributed by atoms with Crippen molar-refractivity contribution in [2.24, 2.45) is 11.3 Å². The third-order valence-corrected chi connectivity index (χ3v) is 2.28. The molecular weight excluding hydrogens is 154 g/mol. The van der Waals surface area contributed by atoms with Crippen molar-refractivity contribution >= 4 is 5.78 Å². The lowest BCUT2D eigenvalue weighted by Crippen LogP contribution is -2.30. The highest BCUT2D eigenvalue weighted by Crippen LogP contribution is 2.25. The molecule has 1 N–H and O–H groups in total. The zero-order valence-corrected chi connectivity index (χ0v) is 8.00. The first-order chi connectivity index (χ1) is 5.41. The van der Waals surface area contributed by atoms with Crippen LogP contribution in [0.4, 0.5) is 0 Å². The highest BCUT2D eigenvalue weighted by Gasteiger charge is 2.33. The van der Waals surface area contributed by atoms with Gasteiger partial charge in [-0.2, -0.15) is 5.06 Å². The fraction of sp³-hybridized carbons (Fsp3) is 0.889. The average molecular weight is 171 g/mol. The van der Waals surface area contributed by atoms with Crippen LogP contribution in [-0.2, 0) is 4.79 Å². The molecule has 0 aliphatic carbocycles. The lowest BCUT2D eigenvalue weighted by atomic mass is 9.83. The van der Waals surface area contributed by atoms with E-state index in [0.717, 1.165) is 6.42 Å². The Bertz CT molecular complexity index is 183. The van der Waals surface area contributed by atoms with Gasteiger partial charge in [0.2, 0.25) is 0 Å². The Balaban J connectivity index is 2.55. The third-order valence-electron chi connectivity index (χ3n) is 2.28. The zero-order valence-electron chi connectivity index (χ0n) is 8.00. The number of ketones is 1. The maximum Gasteiger partial charge on any atom is 0.142 e. The minimum absolute atomic E-state index is 0.0370. The van der Waals surface area contributed by atoms with Gasteiger partial charge in [0.25, 0.3) is 0 Å². The number of carbonyl (C=O) groups excluding carboxylic acids is 1. The van der Waals surface area contributed by atoms with Crippen LogP contribution in [-0.4, -0.2) is 29.1 Å². The monoisotopic (exact) mass is 171 g/mol. The van der Waals surface area contributed by atoms with E-state index in [1.807, 2.05) is 20.8 Å². The van der Waals surface area contributed by atoms with Crippen LogP contribution in [0.2, 0.25) is 0 Å². The molecule has 1 atom stereocenters. The van der Waals surface area contributed by atoms with E-state index in [4.69, 9.17) is 5.21 Å². The van der Waals surface area contributed by atoms with Crippen LogP contribution in [0.25, 0.3) is 0 Å². The molecule has 0 aromatic carbocycles. The largest absolute Gasteiger partial charge is 0.314 e. The summed E-state index contributed by atoms with van der Waals surface area (Å²) in [5.41, 5.74) is -0.268. The van der Waals surface area contributed by atoms with Crippen LogP contribution < -0.4 is 0 Å². The van der Waals surface area contributed by atoms with Crippen molar-refractivity contribution < 1.29 is 10.0 Å². The Morgan fingerprint density at radius 3 is 2.42 bits per heavy atom. The Morgan fingerprint density at radius 2 is 2.08 bits per heavy atom. The minimum Gasteiger partial charge on any atom is -0.314 e. The van der Waals surface area contributed by atoms with Gasteiger partial charge in [-0.05, 0) is 6.42 Å². The maximum absolute atomic E-state index is 11.7. The SMILES string of the molecule is CC(C)(C)C(=O)C1CCN(O)C1. The van der Waals surface area contributed by atoms with Gasteiger partial charge in [-0.1, -0.05) is 20.8 Å². The molecule has 1 heterocycles. The maximum atomic E-state index is 11.7. The van der Waals surface area contributed by atoms with E-state index in [1.54, 1.807) is 0 Å². The molecule has 3 nitrogen and oxygen atoms in total. The molecule has 70 valence electrons. The summed E-state index contributed by atoms with van der Waals surface area (Å²) in [5, 5.41) is 10.3. The van der Waals surface area contributed by atoms with Gasteiger partial charge in [0.1, 0.15) is 5.78 Å². The van der Waals surface area contributed by atoms with Crippen molar-refractivity contribution in [2.75, 3.05) is 13.1 Å². The summed E-state index contributed by atoms with van der Waals surface area (Å²) in [6.07, 6.45) is 0.798. The molecule has 3 heteroatoms. The number of hydroxylamine groups is 2. The average Bonchev–Trinajstić information content (AvgIpc) is 2.32. The standard InChI is InChI=1S/C9H17NO2/c1-9(2,3)8(11)7-4-5-10(12)6-7/h7,12H,4-6H2,1-3H3. The third kappa shape index (κ3) is 2.05. The van der Waals surface area contributed by atoms with E-state index in [2.05, 4.69) is 0 Å². The first-order valence-electron chi connectivity index (χ1n) is 4.39. The predicted octanol–water partition coefficient (Wildman–Crippen LogP) is 1.31. The van der Waals surface area contributed by atoms with E-state index >= 15 is 0 Å². The van der Waals surface area contributed by atoms with E-state index in [9.17, 15) is 4.79 Å². The Labute approximate surface area is 73.3 Å². The first kappa shape index (κ1) is 9.68. The fourth-order valence-electron chi connectivity index (χ4n) is 1.57. The number of Topliss-reactive ketones (excluding diaryl/α,β-unsaturated/α-hetero) is 1. The molecule has 1 saturated heterocycles.